The number of carbonyl (C=O) groups is 1. The standard InChI is InChI=1S/C30H33ClFN5O4/c1-18(32)29(39)37-11-9-36(10-12-37)28-23-17-40-26(22-7-3-5-19-6-4-8-24(31)27(19)22)14-25(23)33-30(34-28)41-16-20-13-21(38)15-35(20)2/h3-8,20-21,26,38H,1,9-17H2,2H3/t20-,21-,26?/m1/s1. The molecule has 0 aliphatic carbocycles. The SMILES string of the molecule is C=C(F)C(=O)N1CCN(c2nc(OC[C@H]3C[C@@H](O)CN3C)nc3c2COC(c2cccc4cccc(Cl)c24)C3)CC1. The Hall–Kier alpha value is -3.31. The Morgan fingerprint density at radius 1 is 1.20 bits per heavy atom. The Kier molecular flexibility index (Phi) is 7.82. The van der Waals surface area contributed by atoms with Crippen LogP contribution in [0.4, 0.5) is 10.2 Å². The second kappa shape index (κ2) is 11.5. The number of carbonyl (C=O) groups excluding carboxylic acids is 1. The lowest BCUT2D eigenvalue weighted by Crippen LogP contribution is -2.49. The summed E-state index contributed by atoms with van der Waals surface area (Å²) in [6, 6.07) is 12.3. The maximum atomic E-state index is 13.5. The van der Waals surface area contributed by atoms with Crippen LogP contribution in [0.5, 0.6) is 6.01 Å². The topological polar surface area (TPSA) is 91.3 Å². The minimum Gasteiger partial charge on any atom is -0.462 e. The normalized spacial score (nSPS) is 23.1. The van der Waals surface area contributed by atoms with E-state index in [0.29, 0.717) is 69.6 Å². The van der Waals surface area contributed by atoms with Crippen LogP contribution in [-0.2, 0) is 22.6 Å². The molecular formula is C30H33ClFN5O4. The molecule has 9 nitrogen and oxygen atoms in total. The van der Waals surface area contributed by atoms with E-state index < -0.39 is 11.7 Å². The zero-order valence-corrected chi connectivity index (χ0v) is 23.7. The summed E-state index contributed by atoms with van der Waals surface area (Å²) in [5.74, 6) is -0.935. The number of halogens is 2. The van der Waals surface area contributed by atoms with Gasteiger partial charge in [0, 0.05) is 61.2 Å². The lowest BCUT2D eigenvalue weighted by Gasteiger charge is -2.37. The molecule has 1 unspecified atom stereocenters. The van der Waals surface area contributed by atoms with Crippen LogP contribution in [0.2, 0.25) is 5.02 Å². The van der Waals surface area contributed by atoms with Crippen molar-refractivity contribution in [1.82, 2.24) is 19.8 Å². The van der Waals surface area contributed by atoms with Crippen molar-refractivity contribution in [2.45, 2.75) is 37.7 Å². The molecule has 4 heterocycles. The first-order valence-corrected chi connectivity index (χ1v) is 14.2. The lowest BCUT2D eigenvalue weighted by atomic mass is 9.94. The van der Waals surface area contributed by atoms with Crippen LogP contribution in [0, 0.1) is 0 Å². The maximum Gasteiger partial charge on any atom is 0.318 e. The number of likely N-dealkylation sites (N-methyl/N-ethyl adjacent to an activating group) is 1. The Morgan fingerprint density at radius 3 is 2.66 bits per heavy atom. The largest absolute Gasteiger partial charge is 0.462 e. The van der Waals surface area contributed by atoms with Gasteiger partial charge in [-0.2, -0.15) is 9.97 Å². The number of aromatic nitrogens is 2. The number of ether oxygens (including phenoxy) is 2. The predicted octanol–water partition coefficient (Wildman–Crippen LogP) is 3.67. The molecule has 2 fully saturated rings. The van der Waals surface area contributed by atoms with Gasteiger partial charge in [0.2, 0.25) is 0 Å². The zero-order valence-electron chi connectivity index (χ0n) is 22.9. The lowest BCUT2D eigenvalue weighted by molar-refractivity contribution is -0.128. The van der Waals surface area contributed by atoms with Crippen molar-refractivity contribution in [3.8, 4) is 6.01 Å². The first kappa shape index (κ1) is 27.8. The Bertz CT molecular complexity index is 1480. The van der Waals surface area contributed by atoms with Crippen molar-refractivity contribution in [3.05, 3.63) is 70.6 Å². The molecule has 6 rings (SSSR count). The van der Waals surface area contributed by atoms with Crippen LogP contribution in [0.25, 0.3) is 10.8 Å². The van der Waals surface area contributed by atoms with Gasteiger partial charge < -0.3 is 24.4 Å². The molecule has 0 saturated carbocycles. The van der Waals surface area contributed by atoms with E-state index >= 15 is 0 Å². The van der Waals surface area contributed by atoms with Crippen molar-refractivity contribution in [3.63, 3.8) is 0 Å². The molecule has 1 aromatic heterocycles. The summed E-state index contributed by atoms with van der Waals surface area (Å²) in [6.45, 7) is 6.04. The van der Waals surface area contributed by atoms with Crippen molar-refractivity contribution in [2.75, 3.05) is 51.3 Å². The Morgan fingerprint density at radius 2 is 1.95 bits per heavy atom. The van der Waals surface area contributed by atoms with Crippen LogP contribution >= 0.6 is 11.6 Å². The fourth-order valence-electron chi connectivity index (χ4n) is 6.06. The molecule has 2 saturated heterocycles. The summed E-state index contributed by atoms with van der Waals surface area (Å²) in [4.78, 5) is 27.4. The fraction of sp³-hybridized carbons (Fsp3) is 0.433. The highest BCUT2D eigenvalue weighted by atomic mass is 35.5. The molecule has 0 bridgehead atoms. The molecule has 1 N–H and O–H groups in total. The summed E-state index contributed by atoms with van der Waals surface area (Å²) in [5, 5.41) is 12.7. The zero-order chi connectivity index (χ0) is 28.7. The van der Waals surface area contributed by atoms with E-state index in [2.05, 4.69) is 16.4 Å². The maximum absolute atomic E-state index is 13.5. The first-order valence-electron chi connectivity index (χ1n) is 13.9. The number of hydrogen-bond donors (Lipinski definition) is 1. The van der Waals surface area contributed by atoms with Gasteiger partial charge in [0.15, 0.2) is 5.83 Å². The number of piperazine rings is 1. The van der Waals surface area contributed by atoms with Crippen LogP contribution in [0.1, 0.15) is 29.3 Å². The van der Waals surface area contributed by atoms with Gasteiger partial charge >= 0.3 is 6.01 Å². The minimum absolute atomic E-state index is 0.0605. The van der Waals surface area contributed by atoms with Gasteiger partial charge in [-0.15, -0.1) is 0 Å². The number of hydrogen-bond acceptors (Lipinski definition) is 8. The quantitative estimate of drug-likeness (QED) is 0.441. The second-order valence-corrected chi connectivity index (χ2v) is 11.3. The number of amides is 1. The number of likely N-dealkylation sites (tertiary alicyclic amines) is 1. The molecular weight excluding hydrogens is 549 g/mol. The van der Waals surface area contributed by atoms with Crippen molar-refractivity contribution >= 4 is 34.1 Å². The molecule has 41 heavy (non-hydrogen) atoms. The van der Waals surface area contributed by atoms with Gasteiger partial charge in [-0.3, -0.25) is 9.69 Å². The molecule has 3 aliphatic rings. The van der Waals surface area contributed by atoms with Gasteiger partial charge in [-0.25, -0.2) is 4.39 Å². The molecule has 3 aliphatic heterocycles. The molecule has 3 atom stereocenters. The number of β-amino-alcohol motifs (C(OH)–C–C–N with tert-alkyl or cyclic N) is 1. The highest BCUT2D eigenvalue weighted by molar-refractivity contribution is 6.35. The van der Waals surface area contributed by atoms with Crippen molar-refractivity contribution in [2.24, 2.45) is 0 Å². The van der Waals surface area contributed by atoms with Gasteiger partial charge in [0.25, 0.3) is 5.91 Å². The Labute approximate surface area is 243 Å². The number of anilines is 1. The smallest absolute Gasteiger partial charge is 0.318 e. The van der Waals surface area contributed by atoms with E-state index in [0.717, 1.165) is 27.6 Å². The van der Waals surface area contributed by atoms with Gasteiger partial charge in [0.05, 0.1) is 24.5 Å². The van der Waals surface area contributed by atoms with E-state index in [1.165, 1.54) is 4.90 Å². The minimum atomic E-state index is -0.955. The summed E-state index contributed by atoms with van der Waals surface area (Å²) >= 11 is 6.63. The number of nitrogens with zero attached hydrogens (tertiary/aromatic N) is 5. The molecule has 0 spiro atoms. The van der Waals surface area contributed by atoms with E-state index in [-0.39, 0.29) is 24.3 Å². The molecule has 0 radical (unpaired) electrons. The van der Waals surface area contributed by atoms with E-state index in [4.69, 9.17) is 31.0 Å². The van der Waals surface area contributed by atoms with E-state index in [9.17, 15) is 14.3 Å². The highest BCUT2D eigenvalue weighted by Crippen LogP contribution is 2.39. The van der Waals surface area contributed by atoms with Gasteiger partial charge in [-0.1, -0.05) is 48.5 Å². The monoisotopic (exact) mass is 581 g/mol. The fourth-order valence-corrected chi connectivity index (χ4v) is 6.35. The highest BCUT2D eigenvalue weighted by Gasteiger charge is 2.33. The summed E-state index contributed by atoms with van der Waals surface area (Å²) < 4.78 is 26.0. The molecule has 216 valence electrons. The number of benzene rings is 2. The van der Waals surface area contributed by atoms with Crippen LogP contribution in [0.3, 0.4) is 0 Å². The average molecular weight is 582 g/mol. The molecule has 1 amide bonds. The Balaban J connectivity index is 1.30. The second-order valence-electron chi connectivity index (χ2n) is 10.9. The van der Waals surface area contributed by atoms with E-state index in [1.54, 1.807) is 0 Å². The number of rotatable bonds is 6. The third-order valence-electron chi connectivity index (χ3n) is 8.26. The third kappa shape index (κ3) is 5.61. The van der Waals surface area contributed by atoms with Crippen molar-refractivity contribution in [1.29, 1.82) is 0 Å². The summed E-state index contributed by atoms with van der Waals surface area (Å²) in [6.07, 6.45) is 0.497. The van der Waals surface area contributed by atoms with Crippen LogP contribution < -0.4 is 9.64 Å². The number of aliphatic hydroxyl groups excluding tert-OH is 1. The third-order valence-corrected chi connectivity index (χ3v) is 8.58. The van der Waals surface area contributed by atoms with Crippen LogP contribution in [0.15, 0.2) is 48.8 Å². The molecule has 3 aromatic rings. The van der Waals surface area contributed by atoms with Gasteiger partial charge in [-0.05, 0) is 30.5 Å². The molecule has 2 aromatic carbocycles. The van der Waals surface area contributed by atoms with Gasteiger partial charge in [0.1, 0.15) is 12.4 Å². The number of aliphatic hydroxyl groups is 1. The summed E-state index contributed by atoms with van der Waals surface area (Å²) in [7, 11) is 1.97. The first-order chi connectivity index (χ1) is 19.8. The summed E-state index contributed by atoms with van der Waals surface area (Å²) in [5.41, 5.74) is 2.71. The van der Waals surface area contributed by atoms with Crippen molar-refractivity contribution < 1.29 is 23.8 Å². The van der Waals surface area contributed by atoms with Crippen LogP contribution in [-0.4, -0.2) is 89.3 Å². The predicted molar refractivity (Wildman–Crippen MR) is 154 cm³/mol. The molecule has 11 heteroatoms. The van der Waals surface area contributed by atoms with E-state index in [1.807, 2.05) is 43.4 Å². The number of fused-ring (bicyclic) bond motifs is 2. The average Bonchev–Trinajstić information content (AvgIpc) is 3.31.